The fraction of sp³-hybridized carbons (Fsp3) is 0.278. The number of pyridine rings is 1. The normalized spacial score (nSPS) is 18.1. The van der Waals surface area contributed by atoms with E-state index in [4.69, 9.17) is 0 Å². The first-order valence-corrected chi connectivity index (χ1v) is 12.0. The van der Waals surface area contributed by atoms with Crippen LogP contribution in [0.2, 0.25) is 0 Å². The van der Waals surface area contributed by atoms with E-state index in [0.717, 1.165) is 35.4 Å². The van der Waals surface area contributed by atoms with E-state index in [1.807, 2.05) is 17.5 Å². The highest BCUT2D eigenvalue weighted by molar-refractivity contribution is 7.91. The zero-order valence-electron chi connectivity index (χ0n) is 14.8. The van der Waals surface area contributed by atoms with Crippen LogP contribution < -0.4 is 5.32 Å². The number of sulfonamides is 1. The van der Waals surface area contributed by atoms with E-state index in [-0.39, 0.29) is 10.1 Å². The third-order valence-corrected chi connectivity index (χ3v) is 8.54. The maximum absolute atomic E-state index is 12.9. The molecule has 0 radical (unpaired) electrons. The van der Waals surface area contributed by atoms with Crippen LogP contribution in [0.25, 0.3) is 11.3 Å². The standard InChI is InChI=1S/C18H18N4O3S3/c23-17(21-18-20-14(12-27-18)13-5-3-8-19-11-13)15-6-1-2-9-22(15)28(24,25)16-7-4-10-26-16/h3-5,7-8,10-12,15H,1-2,6,9H2,(H,20,21,23). The van der Waals surface area contributed by atoms with Gasteiger partial charge in [0.2, 0.25) is 5.91 Å². The Morgan fingerprint density at radius 1 is 1.21 bits per heavy atom. The number of amides is 1. The van der Waals surface area contributed by atoms with Crippen molar-refractivity contribution in [2.75, 3.05) is 11.9 Å². The van der Waals surface area contributed by atoms with Crippen molar-refractivity contribution in [3.8, 4) is 11.3 Å². The number of rotatable bonds is 5. The molecule has 4 rings (SSSR count). The Morgan fingerprint density at radius 3 is 2.86 bits per heavy atom. The Labute approximate surface area is 171 Å². The highest BCUT2D eigenvalue weighted by atomic mass is 32.2. The van der Waals surface area contributed by atoms with E-state index in [1.54, 1.807) is 29.9 Å². The summed E-state index contributed by atoms with van der Waals surface area (Å²) < 4.78 is 27.5. The predicted octanol–water partition coefficient (Wildman–Crippen LogP) is 3.45. The second-order valence-corrected chi connectivity index (χ2v) is 10.3. The molecule has 1 aliphatic heterocycles. The predicted molar refractivity (Wildman–Crippen MR) is 110 cm³/mol. The number of thiophene rings is 1. The zero-order valence-corrected chi connectivity index (χ0v) is 17.3. The second-order valence-electron chi connectivity index (χ2n) is 6.33. The summed E-state index contributed by atoms with van der Waals surface area (Å²) in [6.07, 6.45) is 5.45. The molecule has 28 heavy (non-hydrogen) atoms. The molecule has 146 valence electrons. The average molecular weight is 435 g/mol. The number of hydrogen-bond donors (Lipinski definition) is 1. The number of piperidine rings is 1. The van der Waals surface area contributed by atoms with Gasteiger partial charge in [-0.05, 0) is 36.4 Å². The molecule has 3 aromatic heterocycles. The van der Waals surface area contributed by atoms with E-state index in [9.17, 15) is 13.2 Å². The Balaban J connectivity index is 1.53. The van der Waals surface area contributed by atoms with Gasteiger partial charge in [0.25, 0.3) is 10.0 Å². The average Bonchev–Trinajstić information content (AvgIpc) is 3.41. The lowest BCUT2D eigenvalue weighted by atomic mass is 10.0. The SMILES string of the molecule is O=C(Nc1nc(-c2cccnc2)cs1)C1CCCCN1S(=O)(=O)c1cccs1. The van der Waals surface area contributed by atoms with Gasteiger partial charge in [0.15, 0.2) is 5.13 Å². The van der Waals surface area contributed by atoms with Gasteiger partial charge in [-0.3, -0.25) is 9.78 Å². The first-order chi connectivity index (χ1) is 13.6. The van der Waals surface area contributed by atoms with Crippen molar-refractivity contribution in [1.82, 2.24) is 14.3 Å². The Morgan fingerprint density at radius 2 is 2.11 bits per heavy atom. The zero-order chi connectivity index (χ0) is 19.6. The molecule has 0 saturated carbocycles. The van der Waals surface area contributed by atoms with Crippen LogP contribution in [0.3, 0.4) is 0 Å². The summed E-state index contributed by atoms with van der Waals surface area (Å²) in [6, 6.07) is 6.26. The molecule has 1 atom stereocenters. The minimum absolute atomic E-state index is 0.264. The van der Waals surface area contributed by atoms with Crippen LogP contribution in [0.1, 0.15) is 19.3 Å². The van der Waals surface area contributed by atoms with Gasteiger partial charge in [0.1, 0.15) is 10.3 Å². The highest BCUT2D eigenvalue weighted by Crippen LogP contribution is 2.29. The van der Waals surface area contributed by atoms with Crippen LogP contribution in [0.4, 0.5) is 5.13 Å². The van der Waals surface area contributed by atoms with Gasteiger partial charge in [0, 0.05) is 29.9 Å². The molecule has 0 aromatic carbocycles. The van der Waals surface area contributed by atoms with Crippen molar-refractivity contribution >= 4 is 43.7 Å². The number of thiazole rings is 1. The van der Waals surface area contributed by atoms with E-state index in [1.165, 1.54) is 15.6 Å². The monoisotopic (exact) mass is 434 g/mol. The van der Waals surface area contributed by atoms with Crippen LogP contribution >= 0.6 is 22.7 Å². The molecule has 1 unspecified atom stereocenters. The van der Waals surface area contributed by atoms with Crippen LogP contribution in [0, 0.1) is 0 Å². The number of anilines is 1. The van der Waals surface area contributed by atoms with Crippen molar-refractivity contribution in [1.29, 1.82) is 0 Å². The maximum atomic E-state index is 12.9. The first-order valence-electron chi connectivity index (χ1n) is 8.78. The number of carbonyl (C=O) groups excluding carboxylic acids is 1. The highest BCUT2D eigenvalue weighted by Gasteiger charge is 2.38. The van der Waals surface area contributed by atoms with E-state index in [2.05, 4.69) is 15.3 Å². The summed E-state index contributed by atoms with van der Waals surface area (Å²) in [7, 11) is -3.68. The summed E-state index contributed by atoms with van der Waals surface area (Å²) in [5, 5.41) is 6.81. The van der Waals surface area contributed by atoms with Crippen molar-refractivity contribution in [2.45, 2.75) is 29.5 Å². The molecule has 0 bridgehead atoms. The maximum Gasteiger partial charge on any atom is 0.253 e. The van der Waals surface area contributed by atoms with Gasteiger partial charge in [-0.25, -0.2) is 13.4 Å². The minimum atomic E-state index is -3.68. The molecule has 0 spiro atoms. The van der Waals surface area contributed by atoms with Gasteiger partial charge in [-0.2, -0.15) is 4.31 Å². The topological polar surface area (TPSA) is 92.3 Å². The molecule has 3 aromatic rings. The van der Waals surface area contributed by atoms with Crippen molar-refractivity contribution in [3.05, 3.63) is 47.4 Å². The summed E-state index contributed by atoms with van der Waals surface area (Å²) in [4.78, 5) is 21.4. The molecule has 1 aliphatic rings. The van der Waals surface area contributed by atoms with Crippen LogP contribution in [0.5, 0.6) is 0 Å². The molecule has 4 heterocycles. The van der Waals surface area contributed by atoms with Gasteiger partial charge < -0.3 is 5.32 Å². The fourth-order valence-corrected chi connectivity index (χ4v) is 6.65. The van der Waals surface area contributed by atoms with Gasteiger partial charge in [-0.15, -0.1) is 22.7 Å². The molecule has 10 heteroatoms. The van der Waals surface area contributed by atoms with Gasteiger partial charge in [-0.1, -0.05) is 12.5 Å². The second kappa shape index (κ2) is 8.08. The molecule has 1 saturated heterocycles. The van der Waals surface area contributed by atoms with Crippen molar-refractivity contribution in [2.24, 2.45) is 0 Å². The Hall–Kier alpha value is -2.14. The lowest BCUT2D eigenvalue weighted by Crippen LogP contribution is -2.49. The summed E-state index contributed by atoms with van der Waals surface area (Å²) in [5.41, 5.74) is 1.58. The first kappa shape index (κ1) is 19.2. The van der Waals surface area contributed by atoms with Gasteiger partial charge in [0.05, 0.1) is 5.69 Å². The molecule has 1 fully saturated rings. The fourth-order valence-electron chi connectivity index (χ4n) is 3.15. The summed E-state index contributed by atoms with van der Waals surface area (Å²) in [5.74, 6) is -0.341. The number of nitrogens with one attached hydrogen (secondary N) is 1. The Bertz CT molecular complexity index is 1050. The third-order valence-electron chi connectivity index (χ3n) is 4.51. The Kier molecular flexibility index (Phi) is 5.54. The van der Waals surface area contributed by atoms with Crippen molar-refractivity contribution in [3.63, 3.8) is 0 Å². The van der Waals surface area contributed by atoms with E-state index >= 15 is 0 Å². The lowest BCUT2D eigenvalue weighted by molar-refractivity contribution is -0.120. The number of hydrogen-bond acceptors (Lipinski definition) is 7. The number of aromatic nitrogens is 2. The number of carbonyl (C=O) groups is 1. The minimum Gasteiger partial charge on any atom is -0.301 e. The van der Waals surface area contributed by atoms with E-state index < -0.39 is 16.1 Å². The van der Waals surface area contributed by atoms with E-state index in [0.29, 0.717) is 18.1 Å². The molecule has 0 aliphatic carbocycles. The van der Waals surface area contributed by atoms with Crippen LogP contribution in [0.15, 0.2) is 51.6 Å². The molecular formula is C18H18N4O3S3. The summed E-state index contributed by atoms with van der Waals surface area (Å²) in [6.45, 7) is 0.344. The largest absolute Gasteiger partial charge is 0.301 e. The third kappa shape index (κ3) is 3.86. The van der Waals surface area contributed by atoms with Crippen LogP contribution in [-0.4, -0.2) is 41.2 Å². The molecule has 1 amide bonds. The van der Waals surface area contributed by atoms with Crippen molar-refractivity contribution < 1.29 is 13.2 Å². The van der Waals surface area contributed by atoms with Gasteiger partial charge >= 0.3 is 0 Å². The molecule has 7 nitrogen and oxygen atoms in total. The van der Waals surface area contributed by atoms with Crippen LogP contribution in [-0.2, 0) is 14.8 Å². The molecule has 1 N–H and O–H groups in total. The summed E-state index contributed by atoms with van der Waals surface area (Å²) >= 11 is 2.47. The molecular weight excluding hydrogens is 416 g/mol. The smallest absolute Gasteiger partial charge is 0.253 e. The quantitative estimate of drug-likeness (QED) is 0.664. The number of nitrogens with zero attached hydrogens (tertiary/aromatic N) is 3. The lowest BCUT2D eigenvalue weighted by Gasteiger charge is -2.32.